The minimum absolute atomic E-state index is 0.0201. The lowest BCUT2D eigenvalue weighted by Crippen LogP contribution is -2.47. The summed E-state index contributed by atoms with van der Waals surface area (Å²) in [5.41, 5.74) is 0. The summed E-state index contributed by atoms with van der Waals surface area (Å²) in [5.74, 6) is -0.0201. The molecule has 0 aliphatic carbocycles. The number of aromatic nitrogens is 1. The van der Waals surface area contributed by atoms with Crippen LogP contribution in [-0.2, 0) is 4.79 Å². The summed E-state index contributed by atoms with van der Waals surface area (Å²) in [5, 5.41) is 2.41. The molecule has 0 bridgehead atoms. The molecular formula is C18H21B3F2N4O2S. The molecule has 1 N–H and O–H groups in total. The Labute approximate surface area is 183 Å². The molecule has 0 unspecified atom stereocenters. The third-order valence-electron chi connectivity index (χ3n) is 4.11. The van der Waals surface area contributed by atoms with Crippen LogP contribution in [0.25, 0.3) is 10.8 Å². The van der Waals surface area contributed by atoms with E-state index in [0.29, 0.717) is 11.7 Å². The molecule has 2 aromatic rings. The van der Waals surface area contributed by atoms with E-state index >= 15 is 0 Å². The number of piperazine rings is 1. The number of carbonyl (C=O) groups excluding carboxylic acids is 1. The van der Waals surface area contributed by atoms with E-state index in [9.17, 15) is 13.6 Å². The number of fused-ring (bicyclic) bond motifs is 1. The van der Waals surface area contributed by atoms with Crippen molar-refractivity contribution in [3.63, 3.8) is 0 Å². The maximum absolute atomic E-state index is 12.5. The Hall–Kier alpha value is -1.62. The van der Waals surface area contributed by atoms with E-state index in [1.165, 1.54) is 6.20 Å². The predicted molar refractivity (Wildman–Crippen MR) is 117 cm³/mol. The highest BCUT2D eigenvalue weighted by atomic mass is 32.2. The van der Waals surface area contributed by atoms with Crippen LogP contribution in [-0.4, -0.2) is 95.6 Å². The molecule has 1 saturated heterocycles. The maximum atomic E-state index is 12.5. The van der Waals surface area contributed by atoms with Gasteiger partial charge in [0.25, 0.3) is 0 Å². The van der Waals surface area contributed by atoms with E-state index in [2.05, 4.69) is 31.3 Å². The Bertz CT molecular complexity index is 822. The number of nitrogens with zero attached hydrogens (tertiary/aromatic N) is 3. The second-order valence-corrected chi connectivity index (χ2v) is 7.79. The highest BCUT2D eigenvalue weighted by Gasteiger charge is 2.17. The van der Waals surface area contributed by atoms with Gasteiger partial charge in [-0.05, 0) is 37.2 Å². The number of ether oxygens (including phenoxy) is 1. The van der Waals surface area contributed by atoms with Crippen molar-refractivity contribution < 1.29 is 18.3 Å². The number of carbonyl (C=O) groups is 1. The quantitative estimate of drug-likeness (QED) is 0.401. The second-order valence-electron chi connectivity index (χ2n) is 6.65. The van der Waals surface area contributed by atoms with E-state index in [1.807, 2.05) is 18.2 Å². The SMILES string of the molecule is CN1CCN(Sc2cccc3c(OC(F)F)nccc23)CC1.[B]C([B])([B])NCC=O. The second kappa shape index (κ2) is 11.7. The van der Waals surface area contributed by atoms with Gasteiger partial charge in [-0.15, -0.1) is 0 Å². The smallest absolute Gasteiger partial charge is 0.388 e. The van der Waals surface area contributed by atoms with E-state index < -0.39 is 11.8 Å². The van der Waals surface area contributed by atoms with Crippen LogP contribution in [0.15, 0.2) is 35.4 Å². The topological polar surface area (TPSA) is 57.7 Å². The number of alkyl halides is 2. The van der Waals surface area contributed by atoms with Gasteiger partial charge in [-0.3, -0.25) is 0 Å². The molecule has 1 aromatic carbocycles. The van der Waals surface area contributed by atoms with Crippen molar-refractivity contribution in [3.8, 4) is 5.88 Å². The van der Waals surface area contributed by atoms with Crippen molar-refractivity contribution in [3.05, 3.63) is 30.5 Å². The molecule has 1 aliphatic rings. The lowest BCUT2D eigenvalue weighted by atomic mass is 9.49. The molecular weight excluding hydrogens is 407 g/mol. The monoisotopic (exact) mass is 428 g/mol. The van der Waals surface area contributed by atoms with Crippen molar-refractivity contribution in [2.24, 2.45) is 0 Å². The fourth-order valence-corrected chi connectivity index (χ4v) is 3.69. The Morgan fingerprint density at radius 2 is 1.93 bits per heavy atom. The molecule has 0 spiro atoms. The van der Waals surface area contributed by atoms with Gasteiger partial charge in [-0.2, -0.15) is 8.78 Å². The summed E-state index contributed by atoms with van der Waals surface area (Å²) in [4.78, 5) is 16.9. The number of pyridine rings is 1. The van der Waals surface area contributed by atoms with Gasteiger partial charge in [0.2, 0.25) is 5.88 Å². The van der Waals surface area contributed by atoms with Crippen LogP contribution >= 0.6 is 11.9 Å². The van der Waals surface area contributed by atoms with Crippen LogP contribution in [0.3, 0.4) is 0 Å². The molecule has 2 heterocycles. The van der Waals surface area contributed by atoms with Crippen LogP contribution in [0, 0.1) is 0 Å². The Balaban J connectivity index is 0.000000343. The average molecular weight is 428 g/mol. The van der Waals surface area contributed by atoms with E-state index in [0.717, 1.165) is 36.5 Å². The fourth-order valence-electron chi connectivity index (χ4n) is 2.65. The zero-order chi connectivity index (χ0) is 22.1. The van der Waals surface area contributed by atoms with Crippen molar-refractivity contribution in [2.75, 3.05) is 39.8 Å². The summed E-state index contributed by atoms with van der Waals surface area (Å²) < 4.78 is 31.8. The van der Waals surface area contributed by atoms with Gasteiger partial charge in [0.15, 0.2) is 0 Å². The molecule has 0 atom stereocenters. The van der Waals surface area contributed by atoms with Crippen LogP contribution in [0.2, 0.25) is 0 Å². The number of likely N-dealkylation sites (N-methyl/N-ethyl adjacent to an activating group) is 1. The van der Waals surface area contributed by atoms with Gasteiger partial charge in [-0.25, -0.2) is 9.29 Å². The number of hydrogen-bond donors (Lipinski definition) is 1. The molecule has 1 aliphatic heterocycles. The summed E-state index contributed by atoms with van der Waals surface area (Å²) in [6.45, 7) is 1.21. The number of benzene rings is 1. The Morgan fingerprint density at radius 3 is 2.50 bits per heavy atom. The first-order valence-electron chi connectivity index (χ1n) is 9.19. The zero-order valence-electron chi connectivity index (χ0n) is 16.6. The summed E-state index contributed by atoms with van der Waals surface area (Å²) in [7, 11) is 17.1. The molecule has 1 fully saturated rings. The molecule has 154 valence electrons. The molecule has 3 rings (SSSR count). The molecule has 1 aromatic heterocycles. The van der Waals surface area contributed by atoms with Crippen LogP contribution in [0.1, 0.15) is 0 Å². The normalized spacial score (nSPS) is 15.6. The van der Waals surface area contributed by atoms with Crippen molar-refractivity contribution >= 4 is 52.5 Å². The number of aldehydes is 1. The lowest BCUT2D eigenvalue weighted by Gasteiger charge is -2.31. The first kappa shape index (κ1) is 24.7. The molecule has 30 heavy (non-hydrogen) atoms. The third kappa shape index (κ3) is 8.25. The summed E-state index contributed by atoms with van der Waals surface area (Å²) in [6, 6.07) is 7.44. The minimum Gasteiger partial charge on any atom is -0.416 e. The highest BCUT2D eigenvalue weighted by Crippen LogP contribution is 2.34. The average Bonchev–Trinajstić information content (AvgIpc) is 2.68. The van der Waals surface area contributed by atoms with Gasteiger partial charge in [0, 0.05) is 48.0 Å². The number of hydrogen-bond acceptors (Lipinski definition) is 7. The number of rotatable bonds is 7. The summed E-state index contributed by atoms with van der Waals surface area (Å²) in [6.07, 6.45) is 2.13. The summed E-state index contributed by atoms with van der Waals surface area (Å²) >= 11 is 1.66. The maximum Gasteiger partial charge on any atom is 0.388 e. The molecule has 0 amide bonds. The molecule has 12 heteroatoms. The van der Waals surface area contributed by atoms with E-state index in [1.54, 1.807) is 18.0 Å². The zero-order valence-corrected chi connectivity index (χ0v) is 17.4. The van der Waals surface area contributed by atoms with Crippen molar-refractivity contribution in [1.29, 1.82) is 0 Å². The van der Waals surface area contributed by atoms with Crippen molar-refractivity contribution in [1.82, 2.24) is 19.5 Å². The molecule has 6 radical (unpaired) electrons. The first-order chi connectivity index (χ1) is 14.2. The standard InChI is InChI=1S/C15H17F2N3OS.C3H4B3NO/c1-19-7-9-20(10-8-19)22-13-4-2-3-12-11(13)5-6-18-14(12)21-15(16)17;4-3(5,6)7-1-2-8/h2-6,15H,7-10H2,1H3;2,7H,1H2. The minimum atomic E-state index is -2.87. The Kier molecular flexibility index (Phi) is 9.61. The highest BCUT2D eigenvalue weighted by molar-refractivity contribution is 7.97. The third-order valence-corrected chi connectivity index (χ3v) is 5.29. The number of nitrogens with one attached hydrogen (secondary N) is 1. The van der Waals surface area contributed by atoms with Gasteiger partial charge in [0.1, 0.15) is 6.29 Å². The largest absolute Gasteiger partial charge is 0.416 e. The number of halogens is 2. The fraction of sp³-hybridized carbons (Fsp3) is 0.444. The van der Waals surface area contributed by atoms with Gasteiger partial charge in [0.05, 0.1) is 30.1 Å². The molecule has 0 saturated carbocycles. The van der Waals surface area contributed by atoms with Crippen molar-refractivity contribution in [2.45, 2.75) is 16.7 Å². The van der Waals surface area contributed by atoms with E-state index in [4.69, 9.17) is 23.5 Å². The lowest BCUT2D eigenvalue weighted by molar-refractivity contribution is -0.107. The van der Waals surface area contributed by atoms with Gasteiger partial charge < -0.3 is 19.7 Å². The first-order valence-corrected chi connectivity index (χ1v) is 9.96. The van der Waals surface area contributed by atoms with Gasteiger partial charge in [-0.1, -0.05) is 11.3 Å². The van der Waals surface area contributed by atoms with Crippen LogP contribution < -0.4 is 10.1 Å². The predicted octanol–water partition coefficient (Wildman–Crippen LogP) is 0.982. The molecule has 6 nitrogen and oxygen atoms in total. The van der Waals surface area contributed by atoms with Crippen LogP contribution in [0.4, 0.5) is 8.78 Å². The van der Waals surface area contributed by atoms with Gasteiger partial charge >= 0.3 is 6.61 Å². The Morgan fingerprint density at radius 1 is 1.23 bits per heavy atom. The van der Waals surface area contributed by atoms with Crippen LogP contribution in [0.5, 0.6) is 5.88 Å². The van der Waals surface area contributed by atoms with E-state index in [-0.39, 0.29) is 12.4 Å².